The van der Waals surface area contributed by atoms with Gasteiger partial charge < -0.3 is 10.6 Å². The minimum atomic E-state index is 0.259. The molecule has 0 aromatic rings. The van der Waals surface area contributed by atoms with Gasteiger partial charge in [0.15, 0.2) is 0 Å². The Morgan fingerprint density at radius 2 is 1.68 bits per heavy atom. The van der Waals surface area contributed by atoms with Crippen molar-refractivity contribution in [1.29, 1.82) is 0 Å². The van der Waals surface area contributed by atoms with Crippen LogP contribution in [0.3, 0.4) is 0 Å². The Bertz CT molecular complexity index is 371. The van der Waals surface area contributed by atoms with E-state index in [1.54, 1.807) is 0 Å². The predicted molar refractivity (Wildman–Crippen MR) is 89.5 cm³/mol. The van der Waals surface area contributed by atoms with Crippen molar-refractivity contribution >= 4 is 5.91 Å². The lowest BCUT2D eigenvalue weighted by Crippen LogP contribution is -2.53. The largest absolute Gasteiger partial charge is 0.340 e. The Balaban J connectivity index is 1.42. The van der Waals surface area contributed by atoms with Crippen LogP contribution in [0, 0.1) is 11.8 Å². The summed E-state index contributed by atoms with van der Waals surface area (Å²) in [5.41, 5.74) is 6.11. The molecule has 1 aliphatic heterocycles. The highest BCUT2D eigenvalue weighted by Crippen LogP contribution is 2.29. The highest BCUT2D eigenvalue weighted by Gasteiger charge is 2.31. The summed E-state index contributed by atoms with van der Waals surface area (Å²) < 4.78 is 0. The minimum Gasteiger partial charge on any atom is -0.340 e. The van der Waals surface area contributed by atoms with Gasteiger partial charge in [0.25, 0.3) is 0 Å². The van der Waals surface area contributed by atoms with Gasteiger partial charge in [0, 0.05) is 44.7 Å². The van der Waals surface area contributed by atoms with Crippen LogP contribution in [0.15, 0.2) is 0 Å². The molecular formula is C18H33N3O. The number of piperazine rings is 1. The monoisotopic (exact) mass is 307 g/mol. The number of nitrogens with two attached hydrogens (primary N) is 1. The van der Waals surface area contributed by atoms with Crippen molar-refractivity contribution < 1.29 is 4.79 Å². The molecule has 0 bridgehead atoms. The van der Waals surface area contributed by atoms with E-state index in [4.69, 9.17) is 5.73 Å². The molecule has 22 heavy (non-hydrogen) atoms. The van der Waals surface area contributed by atoms with Crippen molar-refractivity contribution in [3.8, 4) is 0 Å². The SMILES string of the molecule is CC1CCC(N2CCN(C(=O)C[C@@H]3CCC[C@H]3N)CC2)CC1. The first-order valence-electron chi connectivity index (χ1n) is 9.41. The number of amides is 1. The molecule has 0 unspecified atom stereocenters. The van der Waals surface area contributed by atoms with Crippen LogP contribution in [0.5, 0.6) is 0 Å². The maximum Gasteiger partial charge on any atom is 0.222 e. The van der Waals surface area contributed by atoms with E-state index in [1.165, 1.54) is 32.1 Å². The summed E-state index contributed by atoms with van der Waals surface area (Å²) in [7, 11) is 0. The quantitative estimate of drug-likeness (QED) is 0.870. The molecule has 1 heterocycles. The van der Waals surface area contributed by atoms with Crippen molar-refractivity contribution in [2.75, 3.05) is 26.2 Å². The third kappa shape index (κ3) is 3.83. The van der Waals surface area contributed by atoms with E-state index in [1.807, 2.05) is 0 Å². The summed E-state index contributed by atoms with van der Waals surface area (Å²) in [4.78, 5) is 17.2. The molecule has 0 aromatic heterocycles. The first-order valence-corrected chi connectivity index (χ1v) is 9.41. The fourth-order valence-corrected chi connectivity index (χ4v) is 4.62. The molecule has 126 valence electrons. The van der Waals surface area contributed by atoms with E-state index in [0.29, 0.717) is 18.2 Å². The molecule has 2 atom stereocenters. The number of rotatable bonds is 3. The molecule has 1 saturated heterocycles. The second kappa shape index (κ2) is 7.31. The summed E-state index contributed by atoms with van der Waals surface area (Å²) in [6.07, 6.45) is 9.60. The summed E-state index contributed by atoms with van der Waals surface area (Å²) in [5.74, 6) is 1.69. The van der Waals surface area contributed by atoms with E-state index in [9.17, 15) is 4.79 Å². The Morgan fingerprint density at radius 1 is 1.00 bits per heavy atom. The van der Waals surface area contributed by atoms with E-state index in [2.05, 4.69) is 16.7 Å². The molecule has 3 fully saturated rings. The van der Waals surface area contributed by atoms with Gasteiger partial charge >= 0.3 is 0 Å². The van der Waals surface area contributed by atoms with Crippen LogP contribution in [0.25, 0.3) is 0 Å². The first kappa shape index (κ1) is 16.3. The van der Waals surface area contributed by atoms with E-state index in [-0.39, 0.29) is 6.04 Å². The second-order valence-electron chi connectivity index (χ2n) is 7.89. The number of hydrogen-bond acceptors (Lipinski definition) is 3. The van der Waals surface area contributed by atoms with Gasteiger partial charge in [0.2, 0.25) is 5.91 Å². The summed E-state index contributed by atoms with van der Waals surface area (Å²) in [6.45, 7) is 6.36. The van der Waals surface area contributed by atoms with Gasteiger partial charge in [-0.2, -0.15) is 0 Å². The van der Waals surface area contributed by atoms with Crippen LogP contribution >= 0.6 is 0 Å². The Labute approximate surface area is 135 Å². The molecule has 1 amide bonds. The summed E-state index contributed by atoms with van der Waals surface area (Å²) >= 11 is 0. The Kier molecular flexibility index (Phi) is 5.40. The fraction of sp³-hybridized carbons (Fsp3) is 0.944. The zero-order chi connectivity index (χ0) is 15.5. The lowest BCUT2D eigenvalue weighted by Gasteiger charge is -2.42. The minimum absolute atomic E-state index is 0.259. The number of nitrogens with zero attached hydrogens (tertiary/aromatic N) is 2. The molecule has 2 aliphatic carbocycles. The first-order chi connectivity index (χ1) is 10.6. The number of hydrogen-bond donors (Lipinski definition) is 1. The molecular weight excluding hydrogens is 274 g/mol. The van der Waals surface area contributed by atoms with Crippen LogP contribution in [-0.4, -0.2) is 54.0 Å². The number of carbonyl (C=O) groups is 1. The van der Waals surface area contributed by atoms with Crippen LogP contribution in [0.4, 0.5) is 0 Å². The third-order valence-corrected chi connectivity index (χ3v) is 6.32. The van der Waals surface area contributed by atoms with Gasteiger partial charge in [-0.15, -0.1) is 0 Å². The molecule has 4 nitrogen and oxygen atoms in total. The summed E-state index contributed by atoms with van der Waals surface area (Å²) in [6, 6.07) is 1.03. The standard InChI is InChI=1S/C18H33N3O/c1-14-5-7-16(8-6-14)20-9-11-21(12-10-20)18(22)13-15-3-2-4-17(15)19/h14-17H,2-13,19H2,1H3/t14?,15-,16?,17+/m0/s1. The topological polar surface area (TPSA) is 49.6 Å². The highest BCUT2D eigenvalue weighted by molar-refractivity contribution is 5.76. The van der Waals surface area contributed by atoms with Crippen molar-refractivity contribution in [2.45, 2.75) is 70.4 Å². The lowest BCUT2D eigenvalue weighted by atomic mass is 9.86. The van der Waals surface area contributed by atoms with Gasteiger partial charge in [-0.25, -0.2) is 0 Å². The van der Waals surface area contributed by atoms with Crippen molar-refractivity contribution in [1.82, 2.24) is 9.80 Å². The lowest BCUT2D eigenvalue weighted by molar-refractivity contribution is -0.134. The predicted octanol–water partition coefficient (Wildman–Crippen LogP) is 2.23. The van der Waals surface area contributed by atoms with Gasteiger partial charge in [-0.3, -0.25) is 9.69 Å². The molecule has 0 aromatic carbocycles. The Hall–Kier alpha value is -0.610. The van der Waals surface area contributed by atoms with Gasteiger partial charge in [-0.1, -0.05) is 13.3 Å². The molecule has 0 radical (unpaired) electrons. The molecule has 4 heteroatoms. The molecule has 3 rings (SSSR count). The molecule has 0 spiro atoms. The highest BCUT2D eigenvalue weighted by atomic mass is 16.2. The van der Waals surface area contributed by atoms with Gasteiger partial charge in [0.05, 0.1) is 0 Å². The van der Waals surface area contributed by atoms with Crippen molar-refractivity contribution in [2.24, 2.45) is 17.6 Å². The number of carbonyl (C=O) groups excluding carboxylic acids is 1. The van der Waals surface area contributed by atoms with Crippen molar-refractivity contribution in [3.05, 3.63) is 0 Å². The smallest absolute Gasteiger partial charge is 0.222 e. The van der Waals surface area contributed by atoms with Gasteiger partial charge in [0.1, 0.15) is 0 Å². The fourth-order valence-electron chi connectivity index (χ4n) is 4.62. The maximum absolute atomic E-state index is 12.5. The average Bonchev–Trinajstić information content (AvgIpc) is 2.93. The van der Waals surface area contributed by atoms with Crippen LogP contribution < -0.4 is 5.73 Å². The van der Waals surface area contributed by atoms with Crippen LogP contribution in [0.1, 0.15) is 58.3 Å². The van der Waals surface area contributed by atoms with E-state index in [0.717, 1.165) is 51.0 Å². The molecule has 3 aliphatic rings. The van der Waals surface area contributed by atoms with E-state index < -0.39 is 0 Å². The Morgan fingerprint density at radius 3 is 2.27 bits per heavy atom. The zero-order valence-corrected chi connectivity index (χ0v) is 14.2. The average molecular weight is 307 g/mol. The maximum atomic E-state index is 12.5. The van der Waals surface area contributed by atoms with Gasteiger partial charge in [-0.05, 0) is 50.4 Å². The third-order valence-electron chi connectivity index (χ3n) is 6.32. The van der Waals surface area contributed by atoms with Crippen molar-refractivity contribution in [3.63, 3.8) is 0 Å². The molecule has 2 N–H and O–H groups in total. The van der Waals surface area contributed by atoms with Crippen LogP contribution in [0.2, 0.25) is 0 Å². The summed E-state index contributed by atoms with van der Waals surface area (Å²) in [5, 5.41) is 0. The van der Waals surface area contributed by atoms with Crippen LogP contribution in [-0.2, 0) is 4.79 Å². The second-order valence-corrected chi connectivity index (χ2v) is 7.89. The zero-order valence-electron chi connectivity index (χ0n) is 14.2. The normalized spacial score (nSPS) is 37.5. The molecule has 2 saturated carbocycles. The van der Waals surface area contributed by atoms with E-state index >= 15 is 0 Å².